The van der Waals surface area contributed by atoms with Gasteiger partial charge in [-0.3, -0.25) is 14.2 Å². The quantitative estimate of drug-likeness (QED) is 0.262. The van der Waals surface area contributed by atoms with E-state index < -0.39 is 0 Å². The van der Waals surface area contributed by atoms with Gasteiger partial charge in [0.25, 0.3) is 11.5 Å². The minimum atomic E-state index is -0.144. The molecule has 3 aromatic heterocycles. The van der Waals surface area contributed by atoms with Gasteiger partial charge in [-0.15, -0.1) is 0 Å². The second kappa shape index (κ2) is 10.4. The number of hydrogen-bond donors (Lipinski definition) is 1. The van der Waals surface area contributed by atoms with Crippen LogP contribution in [-0.4, -0.2) is 41.0 Å². The number of carbonyl (C=O) groups is 1. The molecule has 1 aliphatic rings. The number of nitrogens with one attached hydrogen (secondary N) is 1. The summed E-state index contributed by atoms with van der Waals surface area (Å²) in [6.45, 7) is 10.5. The highest BCUT2D eigenvalue weighted by molar-refractivity contribution is 9.10. The van der Waals surface area contributed by atoms with E-state index in [9.17, 15) is 9.59 Å². The molecule has 5 aromatic rings. The van der Waals surface area contributed by atoms with Crippen molar-refractivity contribution in [1.82, 2.24) is 29.0 Å². The first-order valence-electron chi connectivity index (χ1n) is 13.9. The lowest BCUT2D eigenvalue weighted by Crippen LogP contribution is -2.46. The molecule has 0 fully saturated rings. The maximum atomic E-state index is 14.3. The fourth-order valence-electron chi connectivity index (χ4n) is 5.78. The third-order valence-corrected chi connectivity index (χ3v) is 8.77. The lowest BCUT2D eigenvalue weighted by atomic mass is 9.97. The molecule has 210 valence electrons. The Morgan fingerprint density at radius 1 is 1.12 bits per heavy atom. The second-order valence-corrected chi connectivity index (χ2v) is 12.3. The molecule has 8 nitrogen and oxygen atoms in total. The highest BCUT2D eigenvalue weighted by atomic mass is 79.9. The summed E-state index contributed by atoms with van der Waals surface area (Å²) in [5.41, 5.74) is 7.55. The summed E-state index contributed by atoms with van der Waals surface area (Å²) in [6, 6.07) is 13.5. The standard InChI is InChI=1S/C32H33BrN6O2/c1-18(2)12-24-15-35-39-29-17-37(31(40)23-8-11-27(33)19(3)13-23)20(4)14-26(29)32(41)38(30(24)39)25-9-6-22(7-10-25)28-16-34-21(5)36-28/h6-11,13,15-16,18,20H,12,14,17H2,1-5H3,(H,34,36)/t20-/m0/s1. The number of carbonyl (C=O) groups excluding carboxylic acids is 1. The Morgan fingerprint density at radius 3 is 2.54 bits per heavy atom. The summed E-state index contributed by atoms with van der Waals surface area (Å²) < 4.78 is 4.66. The molecule has 0 aliphatic carbocycles. The first kappa shape index (κ1) is 27.2. The Labute approximate surface area is 247 Å². The van der Waals surface area contributed by atoms with Gasteiger partial charge in [0.05, 0.1) is 36.0 Å². The van der Waals surface area contributed by atoms with Crippen LogP contribution in [0.5, 0.6) is 0 Å². The van der Waals surface area contributed by atoms with E-state index in [2.05, 4.69) is 39.7 Å². The summed E-state index contributed by atoms with van der Waals surface area (Å²) in [4.78, 5) is 37.4. The van der Waals surface area contributed by atoms with Crippen LogP contribution in [0, 0.1) is 19.8 Å². The highest BCUT2D eigenvalue weighted by Crippen LogP contribution is 2.29. The number of rotatable bonds is 5. The third-order valence-electron chi connectivity index (χ3n) is 7.88. The fraction of sp³-hybridized carbons (Fsp3) is 0.312. The fourth-order valence-corrected chi connectivity index (χ4v) is 6.03. The van der Waals surface area contributed by atoms with Crippen LogP contribution in [0.1, 0.15) is 59.3 Å². The Hall–Kier alpha value is -3.98. The van der Waals surface area contributed by atoms with Gasteiger partial charge in [-0.1, -0.05) is 41.9 Å². The van der Waals surface area contributed by atoms with E-state index in [1.54, 1.807) is 4.57 Å². The van der Waals surface area contributed by atoms with Crippen molar-refractivity contribution in [2.45, 2.75) is 60.0 Å². The SMILES string of the molecule is Cc1ncc(-c2ccc(-n3c(=O)c4c(n5ncc(CC(C)C)c35)CN(C(=O)c3ccc(Br)c(C)c3)[C@@H](C)C4)cc2)[nH]1. The Bertz CT molecular complexity index is 1850. The molecule has 0 saturated carbocycles. The molecule has 0 bridgehead atoms. The maximum absolute atomic E-state index is 14.3. The molecule has 4 heterocycles. The van der Waals surface area contributed by atoms with E-state index in [4.69, 9.17) is 5.10 Å². The lowest BCUT2D eigenvalue weighted by molar-refractivity contribution is 0.0651. The van der Waals surface area contributed by atoms with Crippen molar-refractivity contribution in [1.29, 1.82) is 0 Å². The van der Waals surface area contributed by atoms with Crippen LogP contribution in [0.25, 0.3) is 22.6 Å². The Balaban J connectivity index is 1.48. The minimum absolute atomic E-state index is 0.0460. The number of amides is 1. The zero-order valence-electron chi connectivity index (χ0n) is 23.9. The molecule has 0 unspecified atom stereocenters. The summed E-state index contributed by atoms with van der Waals surface area (Å²) in [5, 5.41) is 4.80. The largest absolute Gasteiger partial charge is 0.342 e. The van der Waals surface area contributed by atoms with Crippen LogP contribution in [-0.2, 0) is 19.4 Å². The first-order valence-corrected chi connectivity index (χ1v) is 14.7. The van der Waals surface area contributed by atoms with Gasteiger partial charge in [-0.2, -0.15) is 5.10 Å². The van der Waals surface area contributed by atoms with Crippen molar-refractivity contribution in [2.24, 2.45) is 5.92 Å². The van der Waals surface area contributed by atoms with Crippen molar-refractivity contribution in [3.05, 3.63) is 103 Å². The zero-order chi connectivity index (χ0) is 29.0. The molecule has 9 heteroatoms. The summed E-state index contributed by atoms with van der Waals surface area (Å²) >= 11 is 3.53. The van der Waals surface area contributed by atoms with Crippen molar-refractivity contribution >= 4 is 27.5 Å². The predicted octanol–water partition coefficient (Wildman–Crippen LogP) is 6.04. The predicted molar refractivity (Wildman–Crippen MR) is 164 cm³/mol. The second-order valence-electron chi connectivity index (χ2n) is 11.4. The maximum Gasteiger partial charge on any atom is 0.261 e. The van der Waals surface area contributed by atoms with Crippen LogP contribution in [0.2, 0.25) is 0 Å². The highest BCUT2D eigenvalue weighted by Gasteiger charge is 2.33. The molecule has 0 saturated heterocycles. The number of imidazole rings is 1. The number of aromatic nitrogens is 5. The van der Waals surface area contributed by atoms with E-state index in [1.165, 1.54) is 0 Å². The molecule has 41 heavy (non-hydrogen) atoms. The van der Waals surface area contributed by atoms with Crippen LogP contribution in [0.15, 0.2) is 64.1 Å². The minimum Gasteiger partial charge on any atom is -0.342 e. The van der Waals surface area contributed by atoms with Gasteiger partial charge in [0.2, 0.25) is 0 Å². The van der Waals surface area contributed by atoms with E-state index in [1.807, 2.05) is 85.0 Å². The average molecular weight is 614 g/mol. The lowest BCUT2D eigenvalue weighted by Gasteiger charge is -2.35. The molecule has 1 N–H and O–H groups in total. The Kier molecular flexibility index (Phi) is 6.93. The van der Waals surface area contributed by atoms with E-state index in [-0.39, 0.29) is 17.5 Å². The molecule has 6 rings (SSSR count). The van der Waals surface area contributed by atoms with Gasteiger partial charge in [-0.05, 0) is 81.0 Å². The smallest absolute Gasteiger partial charge is 0.261 e. The number of benzene rings is 2. The zero-order valence-corrected chi connectivity index (χ0v) is 25.5. The van der Waals surface area contributed by atoms with Crippen molar-refractivity contribution in [3.63, 3.8) is 0 Å². The van der Waals surface area contributed by atoms with E-state index >= 15 is 0 Å². The molecule has 0 radical (unpaired) electrons. The molecular formula is C32H33BrN6O2. The number of aromatic amines is 1. The van der Waals surface area contributed by atoms with Gasteiger partial charge in [0, 0.05) is 27.2 Å². The monoisotopic (exact) mass is 612 g/mol. The average Bonchev–Trinajstić information content (AvgIpc) is 3.56. The van der Waals surface area contributed by atoms with Gasteiger partial charge >= 0.3 is 0 Å². The number of H-pyrrole nitrogens is 1. The number of halogens is 1. The number of nitrogens with zero attached hydrogens (tertiary/aromatic N) is 5. The van der Waals surface area contributed by atoms with Crippen LogP contribution >= 0.6 is 15.9 Å². The Morgan fingerprint density at radius 2 is 1.88 bits per heavy atom. The van der Waals surface area contributed by atoms with Gasteiger partial charge in [0.1, 0.15) is 11.5 Å². The summed E-state index contributed by atoms with van der Waals surface area (Å²) in [5.74, 6) is 1.19. The molecule has 1 atom stereocenters. The van der Waals surface area contributed by atoms with Gasteiger partial charge < -0.3 is 9.88 Å². The number of hydrogen-bond acceptors (Lipinski definition) is 4. The van der Waals surface area contributed by atoms with Crippen LogP contribution in [0.3, 0.4) is 0 Å². The number of aryl methyl sites for hydroxylation is 2. The van der Waals surface area contributed by atoms with Crippen molar-refractivity contribution in [3.8, 4) is 16.9 Å². The molecule has 1 amide bonds. The van der Waals surface area contributed by atoms with Gasteiger partial charge in [0.15, 0.2) is 0 Å². The molecular weight excluding hydrogens is 580 g/mol. The van der Waals surface area contributed by atoms with Crippen molar-refractivity contribution < 1.29 is 4.79 Å². The molecule has 2 aromatic carbocycles. The number of fused-ring (bicyclic) bond motifs is 3. The topological polar surface area (TPSA) is 88.3 Å². The third kappa shape index (κ3) is 4.82. The normalized spacial score (nSPS) is 15.1. The van der Waals surface area contributed by atoms with Gasteiger partial charge in [-0.25, -0.2) is 9.50 Å². The van der Waals surface area contributed by atoms with E-state index in [0.717, 1.165) is 56.1 Å². The summed E-state index contributed by atoms with van der Waals surface area (Å²) in [7, 11) is 0. The van der Waals surface area contributed by atoms with E-state index in [0.29, 0.717) is 30.0 Å². The molecule has 0 spiro atoms. The van der Waals surface area contributed by atoms with Crippen LogP contribution < -0.4 is 5.56 Å². The van der Waals surface area contributed by atoms with Crippen molar-refractivity contribution in [2.75, 3.05) is 0 Å². The first-order chi connectivity index (χ1) is 19.6. The summed E-state index contributed by atoms with van der Waals surface area (Å²) in [6.07, 6.45) is 4.92. The van der Waals surface area contributed by atoms with Crippen LogP contribution in [0.4, 0.5) is 0 Å². The molecule has 1 aliphatic heterocycles.